The summed E-state index contributed by atoms with van der Waals surface area (Å²) in [4.78, 5) is 17.2. The molecule has 0 amide bonds. The summed E-state index contributed by atoms with van der Waals surface area (Å²) in [6.45, 7) is 7.48. The molecular formula is C21H29ClN6O2. The van der Waals surface area contributed by atoms with Crippen LogP contribution in [0.25, 0.3) is 22.1 Å². The molecule has 9 heteroatoms. The van der Waals surface area contributed by atoms with Crippen LogP contribution in [0.3, 0.4) is 0 Å². The van der Waals surface area contributed by atoms with Crippen LogP contribution in [0, 0.1) is 12.8 Å². The number of aryl methyl sites for hydroxylation is 1. The number of hydrogen-bond donors (Lipinski definition) is 2. The third-order valence-electron chi connectivity index (χ3n) is 5.73. The van der Waals surface area contributed by atoms with Crippen LogP contribution in [0.1, 0.15) is 44.8 Å². The molecule has 0 spiro atoms. The summed E-state index contributed by atoms with van der Waals surface area (Å²) in [6.07, 6.45) is 4.39. The summed E-state index contributed by atoms with van der Waals surface area (Å²) in [5.74, 6) is 0.892. The van der Waals surface area contributed by atoms with Gasteiger partial charge in [-0.25, -0.2) is 9.97 Å². The fourth-order valence-corrected chi connectivity index (χ4v) is 4.54. The van der Waals surface area contributed by atoms with Gasteiger partial charge in [-0.15, -0.1) is 0 Å². The van der Waals surface area contributed by atoms with Crippen molar-refractivity contribution in [3.63, 3.8) is 0 Å². The molecule has 1 fully saturated rings. The van der Waals surface area contributed by atoms with E-state index in [1.54, 1.807) is 0 Å². The van der Waals surface area contributed by atoms with Gasteiger partial charge in [0.25, 0.3) is 0 Å². The molecule has 3 aromatic heterocycles. The molecule has 30 heavy (non-hydrogen) atoms. The summed E-state index contributed by atoms with van der Waals surface area (Å²) in [7, 11) is 0. The summed E-state index contributed by atoms with van der Waals surface area (Å²) in [5.41, 5.74) is 9.96. The Balaban J connectivity index is 1.51. The minimum absolute atomic E-state index is 0.225. The highest BCUT2D eigenvalue weighted by Gasteiger charge is 2.30. The van der Waals surface area contributed by atoms with Gasteiger partial charge in [0.15, 0.2) is 11.9 Å². The number of hydrogen-bond acceptors (Lipinski definition) is 5. The monoisotopic (exact) mass is 432 g/mol. The van der Waals surface area contributed by atoms with Gasteiger partial charge >= 0.3 is 0 Å². The molecule has 1 aliphatic rings. The first-order valence-electron chi connectivity index (χ1n) is 10.6. The van der Waals surface area contributed by atoms with Crippen molar-refractivity contribution in [2.45, 2.75) is 52.4 Å². The molecule has 1 saturated carbocycles. The second-order valence-corrected chi connectivity index (χ2v) is 8.10. The molecule has 0 aromatic carbocycles. The maximum Gasteiger partial charge on any atom is 0.176 e. The normalized spacial score (nSPS) is 20.2. The molecule has 4 rings (SSSR count). The van der Waals surface area contributed by atoms with Crippen LogP contribution in [0.4, 0.5) is 0 Å². The standard InChI is InChI=1S/C21H29ClN6O2/c1-4-29-16(30-5-2)10-24-20(23)13-6-7-14(9-13)28-11-25-18-17-15(8-12(3)26-17)19(22)27-21(18)28/h8,11,13-14,16,26H,4-7,9-10H2,1-3H3,(H2,23,24)/t13?,14-/m0/s1. The number of ether oxygens (including phenoxy) is 2. The maximum atomic E-state index is 6.45. The number of nitrogens with zero attached hydrogens (tertiary/aromatic N) is 4. The van der Waals surface area contributed by atoms with Crippen molar-refractivity contribution >= 4 is 39.5 Å². The maximum absolute atomic E-state index is 6.45. The Kier molecular flexibility index (Phi) is 6.26. The van der Waals surface area contributed by atoms with E-state index < -0.39 is 0 Å². The van der Waals surface area contributed by atoms with Crippen molar-refractivity contribution < 1.29 is 9.47 Å². The van der Waals surface area contributed by atoms with E-state index in [0.717, 1.165) is 47.0 Å². The number of halogens is 1. The fraction of sp³-hybridized carbons (Fsp3) is 0.571. The van der Waals surface area contributed by atoms with Gasteiger partial charge in [-0.1, -0.05) is 11.6 Å². The van der Waals surface area contributed by atoms with Crippen molar-refractivity contribution in [3.05, 3.63) is 23.2 Å². The van der Waals surface area contributed by atoms with E-state index in [4.69, 9.17) is 26.8 Å². The van der Waals surface area contributed by atoms with Gasteiger partial charge in [-0.3, -0.25) is 4.99 Å². The van der Waals surface area contributed by atoms with Crippen LogP contribution in [0.15, 0.2) is 17.4 Å². The number of fused-ring (bicyclic) bond motifs is 3. The first-order valence-corrected chi connectivity index (χ1v) is 10.9. The molecule has 0 radical (unpaired) electrons. The van der Waals surface area contributed by atoms with Crippen molar-refractivity contribution in [2.24, 2.45) is 16.6 Å². The van der Waals surface area contributed by atoms with Crippen molar-refractivity contribution in [1.29, 1.82) is 0 Å². The highest BCUT2D eigenvalue weighted by Crippen LogP contribution is 2.38. The van der Waals surface area contributed by atoms with Crippen LogP contribution >= 0.6 is 11.6 Å². The molecule has 0 saturated heterocycles. The van der Waals surface area contributed by atoms with Gasteiger partial charge < -0.3 is 24.8 Å². The predicted octanol–water partition coefficient (Wildman–Crippen LogP) is 3.97. The summed E-state index contributed by atoms with van der Waals surface area (Å²) >= 11 is 6.45. The first kappa shape index (κ1) is 21.1. The summed E-state index contributed by atoms with van der Waals surface area (Å²) in [6, 6.07) is 2.27. The highest BCUT2D eigenvalue weighted by atomic mass is 35.5. The smallest absolute Gasteiger partial charge is 0.176 e. The molecule has 3 N–H and O–H groups in total. The van der Waals surface area contributed by atoms with E-state index in [1.165, 1.54) is 0 Å². The molecule has 1 unspecified atom stereocenters. The highest BCUT2D eigenvalue weighted by molar-refractivity contribution is 6.35. The third kappa shape index (κ3) is 4.04. The molecule has 8 nitrogen and oxygen atoms in total. The zero-order chi connectivity index (χ0) is 21.3. The number of nitrogens with one attached hydrogen (secondary N) is 1. The zero-order valence-electron chi connectivity index (χ0n) is 17.7. The molecule has 3 aromatic rings. The van der Waals surface area contributed by atoms with Crippen LogP contribution < -0.4 is 5.73 Å². The van der Waals surface area contributed by atoms with Crippen molar-refractivity contribution in [2.75, 3.05) is 19.8 Å². The third-order valence-corrected chi connectivity index (χ3v) is 6.02. The van der Waals surface area contributed by atoms with Gasteiger partial charge in [0.2, 0.25) is 0 Å². The SMILES string of the molecule is CCOC(CN=C(N)C1CC[C@H](n2cnc3c4[nH]c(C)cc4c(Cl)nc32)C1)OCC. The number of aromatic nitrogens is 4. The summed E-state index contributed by atoms with van der Waals surface area (Å²) in [5, 5.41) is 1.41. The van der Waals surface area contributed by atoms with Gasteiger partial charge in [0, 0.05) is 36.3 Å². The van der Waals surface area contributed by atoms with Crippen molar-refractivity contribution in [1.82, 2.24) is 19.5 Å². The number of aliphatic imine (C=N–C) groups is 1. The molecule has 0 aliphatic heterocycles. The largest absolute Gasteiger partial charge is 0.387 e. The van der Waals surface area contributed by atoms with Crippen molar-refractivity contribution in [3.8, 4) is 0 Å². The van der Waals surface area contributed by atoms with Gasteiger partial charge in [-0.2, -0.15) is 0 Å². The van der Waals surface area contributed by atoms with E-state index in [0.29, 0.717) is 30.7 Å². The number of nitrogens with two attached hydrogens (primary N) is 1. The number of amidine groups is 1. The predicted molar refractivity (Wildman–Crippen MR) is 119 cm³/mol. The Morgan fingerprint density at radius 3 is 2.87 bits per heavy atom. The van der Waals surface area contributed by atoms with E-state index >= 15 is 0 Å². The molecular weight excluding hydrogens is 404 g/mol. The lowest BCUT2D eigenvalue weighted by molar-refractivity contribution is -0.128. The van der Waals surface area contributed by atoms with Gasteiger partial charge in [0.1, 0.15) is 10.7 Å². The van der Waals surface area contributed by atoms with Crippen LogP contribution in [0.5, 0.6) is 0 Å². The minimum atomic E-state index is -0.341. The minimum Gasteiger partial charge on any atom is -0.387 e. The van der Waals surface area contributed by atoms with E-state index in [9.17, 15) is 0 Å². The van der Waals surface area contributed by atoms with Crippen LogP contribution in [-0.4, -0.2) is 51.4 Å². The first-order chi connectivity index (χ1) is 14.5. The zero-order valence-corrected chi connectivity index (χ0v) is 18.4. The van der Waals surface area contributed by atoms with E-state index in [1.807, 2.05) is 33.2 Å². The lowest BCUT2D eigenvalue weighted by Gasteiger charge is -2.16. The van der Waals surface area contributed by atoms with E-state index in [2.05, 4.69) is 24.5 Å². The Labute approximate surface area is 180 Å². The molecule has 1 aliphatic carbocycles. The Hall–Kier alpha value is -2.16. The fourth-order valence-electron chi connectivity index (χ4n) is 4.31. The lowest BCUT2D eigenvalue weighted by atomic mass is 10.1. The number of pyridine rings is 1. The Morgan fingerprint density at radius 1 is 1.37 bits per heavy atom. The Bertz CT molecular complexity index is 1050. The topological polar surface area (TPSA) is 103 Å². The molecule has 0 bridgehead atoms. The summed E-state index contributed by atoms with van der Waals surface area (Å²) < 4.78 is 13.2. The number of aromatic amines is 1. The van der Waals surface area contributed by atoms with E-state index in [-0.39, 0.29) is 18.2 Å². The second-order valence-electron chi connectivity index (χ2n) is 7.74. The molecule has 162 valence electrons. The van der Waals surface area contributed by atoms with Crippen LogP contribution in [-0.2, 0) is 9.47 Å². The number of imidazole rings is 1. The second kappa shape index (κ2) is 8.91. The quantitative estimate of drug-likeness (QED) is 0.242. The molecule has 3 heterocycles. The lowest BCUT2D eigenvalue weighted by Crippen LogP contribution is -2.26. The Morgan fingerprint density at radius 2 is 2.13 bits per heavy atom. The number of rotatable bonds is 8. The van der Waals surface area contributed by atoms with Crippen LogP contribution in [0.2, 0.25) is 5.15 Å². The molecule has 2 atom stereocenters. The average Bonchev–Trinajstić information content (AvgIpc) is 3.43. The van der Waals surface area contributed by atoms with Gasteiger partial charge in [0.05, 0.1) is 24.2 Å². The van der Waals surface area contributed by atoms with Gasteiger partial charge in [-0.05, 0) is 46.1 Å². The number of H-pyrrole nitrogens is 1. The average molecular weight is 433 g/mol.